The zero-order valence-corrected chi connectivity index (χ0v) is 16.5. The molecule has 1 aliphatic heterocycles. The molecule has 1 fully saturated rings. The second-order valence-corrected chi connectivity index (χ2v) is 7.73. The number of halogens is 1. The van der Waals surface area contributed by atoms with Gasteiger partial charge in [0.25, 0.3) is 0 Å². The summed E-state index contributed by atoms with van der Waals surface area (Å²) in [6, 6.07) is 7.25. The average Bonchev–Trinajstić information content (AvgIpc) is 3.15. The maximum absolute atomic E-state index is 12.1. The number of aromatic nitrogens is 2. The van der Waals surface area contributed by atoms with E-state index in [0.29, 0.717) is 42.0 Å². The van der Waals surface area contributed by atoms with Gasteiger partial charge < -0.3 is 14.7 Å². The normalized spacial score (nSPS) is 16.2. The molecule has 3 rings (SSSR count). The molecule has 0 saturated carbocycles. The third kappa shape index (κ3) is 6.33. The lowest BCUT2D eigenvalue weighted by molar-refractivity contribution is -0.121. The number of hydrogen-bond acceptors (Lipinski definition) is 5. The first-order valence-electron chi connectivity index (χ1n) is 9.68. The predicted molar refractivity (Wildman–Crippen MR) is 106 cm³/mol. The summed E-state index contributed by atoms with van der Waals surface area (Å²) in [7, 11) is 0. The number of aryl methyl sites for hydroxylation is 1. The van der Waals surface area contributed by atoms with E-state index in [1.807, 2.05) is 12.1 Å². The number of nitrogens with one attached hydrogen (secondary N) is 1. The van der Waals surface area contributed by atoms with Gasteiger partial charge in [-0.3, -0.25) is 4.79 Å². The van der Waals surface area contributed by atoms with Crippen LogP contribution in [0.1, 0.15) is 38.5 Å². The number of likely N-dealkylation sites (tertiary alicyclic amines) is 1. The Hall–Kier alpha value is -1.92. The standard InChI is InChI=1S/C20H27ClN4O2/c1-15(14-25-11-3-2-4-12-25)13-22-18(26)9-10-19-23-20(24-27-19)16-5-7-17(21)8-6-16/h5-8,15H,2-4,9-14H2,1H3,(H,22,26). The average molecular weight is 391 g/mol. The number of nitrogens with zero attached hydrogens (tertiary/aromatic N) is 3. The Bertz CT molecular complexity index is 726. The zero-order valence-electron chi connectivity index (χ0n) is 15.8. The van der Waals surface area contributed by atoms with E-state index < -0.39 is 0 Å². The minimum atomic E-state index is 0.0201. The van der Waals surface area contributed by atoms with Gasteiger partial charge in [0.2, 0.25) is 17.6 Å². The van der Waals surface area contributed by atoms with Crippen molar-refractivity contribution in [3.8, 4) is 11.4 Å². The lowest BCUT2D eigenvalue weighted by atomic mass is 10.1. The molecular formula is C20H27ClN4O2. The van der Waals surface area contributed by atoms with Crippen LogP contribution in [0.25, 0.3) is 11.4 Å². The monoisotopic (exact) mass is 390 g/mol. The zero-order chi connectivity index (χ0) is 19.1. The van der Waals surface area contributed by atoms with Gasteiger partial charge in [0.1, 0.15) is 0 Å². The van der Waals surface area contributed by atoms with Crippen LogP contribution >= 0.6 is 11.6 Å². The van der Waals surface area contributed by atoms with Gasteiger partial charge in [0.05, 0.1) is 0 Å². The topological polar surface area (TPSA) is 71.3 Å². The molecule has 1 atom stereocenters. The third-order valence-corrected chi connectivity index (χ3v) is 5.05. The molecule has 27 heavy (non-hydrogen) atoms. The summed E-state index contributed by atoms with van der Waals surface area (Å²) in [6.07, 6.45) is 4.71. The number of benzene rings is 1. The van der Waals surface area contributed by atoms with Gasteiger partial charge in [-0.15, -0.1) is 0 Å². The predicted octanol–water partition coefficient (Wildman–Crippen LogP) is 3.56. The number of carbonyl (C=O) groups is 1. The molecule has 146 valence electrons. The van der Waals surface area contributed by atoms with Gasteiger partial charge in [0, 0.05) is 36.5 Å². The van der Waals surface area contributed by atoms with Crippen LogP contribution in [0.3, 0.4) is 0 Å². The quantitative estimate of drug-likeness (QED) is 0.746. The van der Waals surface area contributed by atoms with Crippen LogP contribution in [0.2, 0.25) is 5.02 Å². The Labute approximate surface area is 165 Å². The molecule has 1 aromatic heterocycles. The molecular weight excluding hydrogens is 364 g/mol. The minimum Gasteiger partial charge on any atom is -0.356 e. The van der Waals surface area contributed by atoms with Crippen LogP contribution < -0.4 is 5.32 Å². The molecule has 1 saturated heterocycles. The van der Waals surface area contributed by atoms with Crippen molar-refractivity contribution >= 4 is 17.5 Å². The van der Waals surface area contributed by atoms with Crippen LogP contribution in [0.15, 0.2) is 28.8 Å². The molecule has 1 unspecified atom stereocenters. The molecule has 1 amide bonds. The molecule has 7 heteroatoms. The number of piperidine rings is 1. The highest BCUT2D eigenvalue weighted by Crippen LogP contribution is 2.19. The first-order valence-corrected chi connectivity index (χ1v) is 10.1. The molecule has 0 radical (unpaired) electrons. The fourth-order valence-corrected chi connectivity index (χ4v) is 3.44. The highest BCUT2D eigenvalue weighted by molar-refractivity contribution is 6.30. The maximum atomic E-state index is 12.1. The van der Waals surface area contributed by atoms with E-state index >= 15 is 0 Å². The third-order valence-electron chi connectivity index (χ3n) is 4.80. The molecule has 0 aliphatic carbocycles. The minimum absolute atomic E-state index is 0.0201. The summed E-state index contributed by atoms with van der Waals surface area (Å²) in [6.45, 7) is 6.31. The summed E-state index contributed by atoms with van der Waals surface area (Å²) in [5.41, 5.74) is 0.838. The van der Waals surface area contributed by atoms with Crippen molar-refractivity contribution in [1.82, 2.24) is 20.4 Å². The highest BCUT2D eigenvalue weighted by Gasteiger charge is 2.15. The van der Waals surface area contributed by atoms with Gasteiger partial charge in [-0.1, -0.05) is 30.1 Å². The Morgan fingerprint density at radius 3 is 2.74 bits per heavy atom. The van der Waals surface area contributed by atoms with E-state index in [1.54, 1.807) is 12.1 Å². The van der Waals surface area contributed by atoms with Crippen LogP contribution in [-0.2, 0) is 11.2 Å². The number of hydrogen-bond donors (Lipinski definition) is 1. The molecule has 1 aliphatic rings. The smallest absolute Gasteiger partial charge is 0.227 e. The second kappa shape index (κ2) is 9.85. The molecule has 1 aromatic carbocycles. The molecule has 0 bridgehead atoms. The van der Waals surface area contributed by atoms with Crippen LogP contribution in [0.4, 0.5) is 0 Å². The van der Waals surface area contributed by atoms with Gasteiger partial charge >= 0.3 is 0 Å². The lowest BCUT2D eigenvalue weighted by Crippen LogP contribution is -2.38. The second-order valence-electron chi connectivity index (χ2n) is 7.29. The van der Waals surface area contributed by atoms with Crippen molar-refractivity contribution in [1.29, 1.82) is 0 Å². The van der Waals surface area contributed by atoms with Crippen LogP contribution in [0, 0.1) is 5.92 Å². The first kappa shape index (κ1) is 19.8. The maximum Gasteiger partial charge on any atom is 0.227 e. The summed E-state index contributed by atoms with van der Waals surface area (Å²) >= 11 is 5.88. The Balaban J connectivity index is 1.38. The van der Waals surface area contributed by atoms with E-state index in [9.17, 15) is 4.79 Å². The van der Waals surface area contributed by atoms with Crippen molar-refractivity contribution in [3.63, 3.8) is 0 Å². The number of rotatable bonds is 8. The van der Waals surface area contributed by atoms with E-state index in [0.717, 1.165) is 12.1 Å². The van der Waals surface area contributed by atoms with Crippen molar-refractivity contribution in [2.75, 3.05) is 26.2 Å². The highest BCUT2D eigenvalue weighted by atomic mass is 35.5. The van der Waals surface area contributed by atoms with Gasteiger partial charge in [-0.05, 0) is 56.1 Å². The summed E-state index contributed by atoms with van der Waals surface area (Å²) < 4.78 is 5.25. The van der Waals surface area contributed by atoms with Gasteiger partial charge in [-0.2, -0.15) is 4.98 Å². The molecule has 2 aromatic rings. The van der Waals surface area contributed by atoms with Crippen molar-refractivity contribution < 1.29 is 9.32 Å². The Kier molecular flexibility index (Phi) is 7.24. The summed E-state index contributed by atoms with van der Waals surface area (Å²) in [5.74, 6) is 1.45. The fraction of sp³-hybridized carbons (Fsp3) is 0.550. The van der Waals surface area contributed by atoms with Crippen molar-refractivity contribution in [2.45, 2.75) is 39.0 Å². The SMILES string of the molecule is CC(CNC(=O)CCc1nc(-c2ccc(Cl)cc2)no1)CN1CCCCC1. The molecule has 0 spiro atoms. The van der Waals surface area contributed by atoms with E-state index in [1.165, 1.54) is 32.4 Å². The molecule has 1 N–H and O–H groups in total. The lowest BCUT2D eigenvalue weighted by Gasteiger charge is -2.29. The van der Waals surface area contributed by atoms with Gasteiger partial charge in [0.15, 0.2) is 0 Å². The van der Waals surface area contributed by atoms with Crippen LogP contribution in [-0.4, -0.2) is 47.1 Å². The van der Waals surface area contributed by atoms with Crippen LogP contribution in [0.5, 0.6) is 0 Å². The Morgan fingerprint density at radius 1 is 1.26 bits per heavy atom. The van der Waals surface area contributed by atoms with E-state index in [2.05, 4.69) is 27.3 Å². The molecule has 6 nitrogen and oxygen atoms in total. The largest absolute Gasteiger partial charge is 0.356 e. The first-order chi connectivity index (χ1) is 13.1. The number of carbonyl (C=O) groups excluding carboxylic acids is 1. The van der Waals surface area contributed by atoms with Crippen molar-refractivity contribution in [3.05, 3.63) is 35.2 Å². The van der Waals surface area contributed by atoms with E-state index in [-0.39, 0.29) is 5.91 Å². The molecule has 2 heterocycles. The van der Waals surface area contributed by atoms with Crippen molar-refractivity contribution in [2.24, 2.45) is 5.92 Å². The fourth-order valence-electron chi connectivity index (χ4n) is 3.32. The van der Waals surface area contributed by atoms with E-state index in [4.69, 9.17) is 16.1 Å². The number of amides is 1. The summed E-state index contributed by atoms with van der Waals surface area (Å²) in [4.78, 5) is 18.9. The van der Waals surface area contributed by atoms with Gasteiger partial charge in [-0.25, -0.2) is 0 Å². The Morgan fingerprint density at radius 2 is 2.00 bits per heavy atom. The summed E-state index contributed by atoms with van der Waals surface area (Å²) in [5, 5.41) is 7.64.